The van der Waals surface area contributed by atoms with Gasteiger partial charge in [0.15, 0.2) is 0 Å². The molecule has 0 unspecified atom stereocenters. The van der Waals surface area contributed by atoms with Crippen LogP contribution >= 0.6 is 11.6 Å². The molecule has 0 fully saturated rings. The number of hydrogen-bond acceptors (Lipinski definition) is 6. The molecule has 1 aromatic rings. The third-order valence-corrected chi connectivity index (χ3v) is 2.59. The van der Waals surface area contributed by atoms with Gasteiger partial charge in [0, 0.05) is 6.54 Å². The minimum atomic E-state index is -0.671. The van der Waals surface area contributed by atoms with Crippen molar-refractivity contribution >= 4 is 28.9 Å². The van der Waals surface area contributed by atoms with E-state index >= 15 is 0 Å². The van der Waals surface area contributed by atoms with Gasteiger partial charge in [-0.15, -0.1) is 0 Å². The van der Waals surface area contributed by atoms with E-state index in [1.165, 1.54) is 0 Å². The second kappa shape index (κ2) is 6.33. The molecule has 0 bridgehead atoms. The van der Waals surface area contributed by atoms with E-state index in [4.69, 9.17) is 16.3 Å². The summed E-state index contributed by atoms with van der Waals surface area (Å²) in [5.41, 5.74) is -0.0505. The maximum absolute atomic E-state index is 11.9. The Morgan fingerprint density at radius 2 is 2.16 bits per heavy atom. The molecule has 7 nitrogen and oxygen atoms in total. The van der Waals surface area contributed by atoms with E-state index < -0.39 is 16.6 Å². The summed E-state index contributed by atoms with van der Waals surface area (Å²) in [6.45, 7) is 5.51. The molecule has 0 aromatic carbocycles. The fraction of sp³-hybridized carbons (Fsp3) is 0.455. The predicted octanol–water partition coefficient (Wildman–Crippen LogP) is 2.56. The molecule has 1 rings (SSSR count). The highest BCUT2D eigenvalue weighted by Gasteiger charge is 2.29. The lowest BCUT2D eigenvalue weighted by Crippen LogP contribution is -2.15. The molecule has 0 aliphatic heterocycles. The van der Waals surface area contributed by atoms with Crippen molar-refractivity contribution in [1.82, 2.24) is 4.98 Å². The summed E-state index contributed by atoms with van der Waals surface area (Å²) >= 11 is 5.77. The quantitative estimate of drug-likeness (QED) is 0.387. The van der Waals surface area contributed by atoms with Crippen LogP contribution in [0.2, 0.25) is 5.15 Å². The largest absolute Gasteiger partial charge is 0.462 e. The van der Waals surface area contributed by atoms with E-state index in [-0.39, 0.29) is 28.7 Å². The molecule has 0 aliphatic rings. The Hall–Kier alpha value is -1.89. The lowest BCUT2D eigenvalue weighted by molar-refractivity contribution is -0.384. The first-order valence-corrected chi connectivity index (χ1v) is 6.07. The number of ether oxygens (including phenoxy) is 1. The Morgan fingerprint density at radius 3 is 2.63 bits per heavy atom. The Kier molecular flexibility index (Phi) is 5.05. The average molecular weight is 288 g/mol. The summed E-state index contributed by atoms with van der Waals surface area (Å²) in [4.78, 5) is 26.1. The van der Waals surface area contributed by atoms with Crippen LogP contribution in [-0.4, -0.2) is 29.0 Å². The van der Waals surface area contributed by atoms with E-state index in [2.05, 4.69) is 10.3 Å². The van der Waals surface area contributed by atoms with Gasteiger partial charge in [0.05, 0.1) is 17.2 Å². The van der Waals surface area contributed by atoms with E-state index in [1.807, 2.05) is 0 Å². The van der Waals surface area contributed by atoms with Crippen molar-refractivity contribution in [3.8, 4) is 0 Å². The monoisotopic (exact) mass is 287 g/mol. The highest BCUT2D eigenvalue weighted by atomic mass is 35.5. The Morgan fingerprint density at radius 1 is 1.53 bits per heavy atom. The van der Waals surface area contributed by atoms with Gasteiger partial charge in [0.2, 0.25) is 5.15 Å². The Bertz CT molecular complexity index is 519. The van der Waals surface area contributed by atoms with Crippen LogP contribution in [0, 0.1) is 17.0 Å². The van der Waals surface area contributed by atoms with Gasteiger partial charge in [0.25, 0.3) is 0 Å². The Labute approximate surface area is 115 Å². The first-order chi connectivity index (χ1) is 8.93. The topological polar surface area (TPSA) is 94.4 Å². The zero-order chi connectivity index (χ0) is 14.6. The van der Waals surface area contributed by atoms with Gasteiger partial charge in [-0.2, -0.15) is 0 Å². The van der Waals surface area contributed by atoms with Crippen LogP contribution in [-0.2, 0) is 4.74 Å². The molecular formula is C11H14ClN3O4. The number of halogens is 1. The summed E-state index contributed by atoms with van der Waals surface area (Å²) in [5.74, 6) is -0.664. The number of esters is 1. The molecule has 0 saturated heterocycles. The van der Waals surface area contributed by atoms with E-state index in [0.717, 1.165) is 0 Å². The van der Waals surface area contributed by atoms with Crippen LogP contribution in [0.5, 0.6) is 0 Å². The fourth-order valence-corrected chi connectivity index (χ4v) is 1.92. The maximum Gasteiger partial charge on any atom is 0.342 e. The Balaban J connectivity index is 3.55. The molecule has 104 valence electrons. The van der Waals surface area contributed by atoms with Crippen molar-refractivity contribution in [3.63, 3.8) is 0 Å². The van der Waals surface area contributed by atoms with Crippen molar-refractivity contribution in [3.05, 3.63) is 26.5 Å². The number of aryl methyl sites for hydroxylation is 1. The van der Waals surface area contributed by atoms with Crippen LogP contribution in [0.4, 0.5) is 11.4 Å². The van der Waals surface area contributed by atoms with Gasteiger partial charge >= 0.3 is 11.7 Å². The van der Waals surface area contributed by atoms with Crippen molar-refractivity contribution in [2.45, 2.75) is 20.8 Å². The molecule has 1 N–H and O–H groups in total. The standard InChI is InChI=1S/C11H14ClN3O4/c1-4-13-8-7(11(16)19-5-2)6(3)14-10(12)9(8)15(17)18/h4-5H2,1-3H3,(H,13,14). The molecule has 0 aliphatic carbocycles. The zero-order valence-electron chi connectivity index (χ0n) is 10.8. The van der Waals surface area contributed by atoms with Gasteiger partial charge < -0.3 is 10.1 Å². The van der Waals surface area contributed by atoms with Gasteiger partial charge in [-0.05, 0) is 20.8 Å². The van der Waals surface area contributed by atoms with E-state index in [9.17, 15) is 14.9 Å². The van der Waals surface area contributed by atoms with Crippen LogP contribution in [0.25, 0.3) is 0 Å². The van der Waals surface area contributed by atoms with E-state index in [1.54, 1.807) is 20.8 Å². The smallest absolute Gasteiger partial charge is 0.342 e. The summed E-state index contributed by atoms with van der Waals surface area (Å²) in [6.07, 6.45) is 0. The minimum Gasteiger partial charge on any atom is -0.462 e. The van der Waals surface area contributed by atoms with Crippen molar-refractivity contribution in [1.29, 1.82) is 0 Å². The summed E-state index contributed by atoms with van der Waals surface area (Å²) in [6, 6.07) is 0. The third-order valence-electron chi connectivity index (χ3n) is 2.33. The van der Waals surface area contributed by atoms with Crippen molar-refractivity contribution in [2.24, 2.45) is 0 Å². The molecule has 0 spiro atoms. The number of nitrogens with zero attached hydrogens (tertiary/aromatic N) is 2. The number of rotatable bonds is 5. The molecule has 0 radical (unpaired) electrons. The molecule has 0 atom stereocenters. The van der Waals surface area contributed by atoms with Crippen molar-refractivity contribution in [2.75, 3.05) is 18.5 Å². The lowest BCUT2D eigenvalue weighted by atomic mass is 10.1. The molecule has 1 heterocycles. The van der Waals surface area contributed by atoms with Crippen LogP contribution in [0.1, 0.15) is 29.9 Å². The van der Waals surface area contributed by atoms with Gasteiger partial charge in [-0.25, -0.2) is 9.78 Å². The minimum absolute atomic E-state index is 0.0415. The highest BCUT2D eigenvalue weighted by molar-refractivity contribution is 6.32. The number of carbonyl (C=O) groups is 1. The second-order valence-electron chi connectivity index (χ2n) is 3.59. The van der Waals surface area contributed by atoms with Gasteiger partial charge in [0.1, 0.15) is 11.3 Å². The number of carbonyl (C=O) groups excluding carboxylic acids is 1. The number of pyridine rings is 1. The van der Waals surface area contributed by atoms with Crippen molar-refractivity contribution < 1.29 is 14.5 Å². The van der Waals surface area contributed by atoms with E-state index in [0.29, 0.717) is 6.54 Å². The highest BCUT2D eigenvalue weighted by Crippen LogP contribution is 2.36. The molecule has 0 amide bonds. The zero-order valence-corrected chi connectivity index (χ0v) is 11.6. The first-order valence-electron chi connectivity index (χ1n) is 5.69. The molecule has 19 heavy (non-hydrogen) atoms. The summed E-state index contributed by atoms with van der Waals surface area (Å²) < 4.78 is 4.89. The number of nitro groups is 1. The van der Waals surface area contributed by atoms with Crippen LogP contribution in [0.3, 0.4) is 0 Å². The third kappa shape index (κ3) is 3.11. The second-order valence-corrected chi connectivity index (χ2v) is 3.95. The number of aromatic nitrogens is 1. The SMILES string of the molecule is CCNc1c(C(=O)OCC)c(C)nc(Cl)c1[N+](=O)[O-]. The number of anilines is 1. The number of nitrogens with one attached hydrogen (secondary N) is 1. The molecular weight excluding hydrogens is 274 g/mol. The maximum atomic E-state index is 11.9. The normalized spacial score (nSPS) is 10.1. The van der Waals surface area contributed by atoms with Gasteiger partial charge in [-0.3, -0.25) is 10.1 Å². The molecule has 1 aromatic heterocycles. The van der Waals surface area contributed by atoms with Crippen LogP contribution in [0.15, 0.2) is 0 Å². The van der Waals surface area contributed by atoms with Crippen LogP contribution < -0.4 is 5.32 Å². The number of hydrogen-bond donors (Lipinski definition) is 1. The predicted molar refractivity (Wildman–Crippen MR) is 70.8 cm³/mol. The summed E-state index contributed by atoms with van der Waals surface area (Å²) in [7, 11) is 0. The molecule has 0 saturated carbocycles. The lowest BCUT2D eigenvalue weighted by Gasteiger charge is -2.13. The molecule has 8 heteroatoms. The average Bonchev–Trinajstić information content (AvgIpc) is 2.28. The summed E-state index contributed by atoms with van der Waals surface area (Å²) in [5, 5.41) is 13.6. The first kappa shape index (κ1) is 15.2. The fourth-order valence-electron chi connectivity index (χ4n) is 1.63. The van der Waals surface area contributed by atoms with Gasteiger partial charge in [-0.1, -0.05) is 11.6 Å².